The second kappa shape index (κ2) is 6.48. The number of rotatable bonds is 5. The minimum Gasteiger partial charge on any atom is -0.392 e. The molecule has 2 rings (SSSR count). The van der Waals surface area contributed by atoms with Gasteiger partial charge in [0.2, 0.25) is 10.0 Å². The Morgan fingerprint density at radius 3 is 2.76 bits per heavy atom. The van der Waals surface area contributed by atoms with Gasteiger partial charge < -0.3 is 5.11 Å². The summed E-state index contributed by atoms with van der Waals surface area (Å²) in [6.45, 7) is 1.46. The highest BCUT2D eigenvalue weighted by molar-refractivity contribution is 7.89. The molecule has 0 saturated carbocycles. The van der Waals surface area contributed by atoms with Gasteiger partial charge in [0.15, 0.2) is 0 Å². The van der Waals surface area contributed by atoms with E-state index in [4.69, 9.17) is 16.7 Å². The third kappa shape index (κ3) is 3.98. The summed E-state index contributed by atoms with van der Waals surface area (Å²) in [5.41, 5.74) is 0.930. The molecule has 0 atom stereocenters. The van der Waals surface area contributed by atoms with Crippen LogP contribution in [0, 0.1) is 6.92 Å². The molecule has 0 unspecified atom stereocenters. The summed E-state index contributed by atoms with van der Waals surface area (Å²) >= 11 is 5.84. The van der Waals surface area contributed by atoms with E-state index in [0.717, 1.165) is 0 Å². The van der Waals surface area contributed by atoms with Crippen LogP contribution in [0.1, 0.15) is 17.1 Å². The average molecular weight is 328 g/mol. The van der Waals surface area contributed by atoms with Gasteiger partial charge in [-0.1, -0.05) is 11.6 Å². The molecule has 0 amide bonds. The zero-order valence-corrected chi connectivity index (χ0v) is 12.8. The highest BCUT2D eigenvalue weighted by Crippen LogP contribution is 2.20. The molecule has 0 spiro atoms. The fraction of sp³-hybridized carbons (Fsp3) is 0.231. The van der Waals surface area contributed by atoms with Crippen molar-refractivity contribution in [2.24, 2.45) is 0 Å². The molecule has 1 aromatic heterocycles. The molecule has 0 saturated heterocycles. The van der Waals surface area contributed by atoms with Gasteiger partial charge in [-0.15, -0.1) is 0 Å². The van der Waals surface area contributed by atoms with Crippen molar-refractivity contribution in [2.75, 3.05) is 0 Å². The molecule has 0 aliphatic rings. The van der Waals surface area contributed by atoms with Gasteiger partial charge in [-0.05, 0) is 36.8 Å². The van der Waals surface area contributed by atoms with Crippen molar-refractivity contribution < 1.29 is 13.5 Å². The molecule has 0 bridgehead atoms. The molecule has 1 heterocycles. The van der Waals surface area contributed by atoms with Gasteiger partial charge in [-0.2, -0.15) is 0 Å². The van der Waals surface area contributed by atoms with Gasteiger partial charge in [0.25, 0.3) is 0 Å². The molecule has 2 N–H and O–H groups in total. The van der Waals surface area contributed by atoms with Crippen LogP contribution in [0.3, 0.4) is 0 Å². The lowest BCUT2D eigenvalue weighted by molar-refractivity contribution is 0.281. The number of nitrogens with zero attached hydrogens (tertiary/aromatic N) is 2. The van der Waals surface area contributed by atoms with E-state index in [-0.39, 0.29) is 18.0 Å². The van der Waals surface area contributed by atoms with Crippen LogP contribution in [0.5, 0.6) is 0 Å². The lowest BCUT2D eigenvalue weighted by Gasteiger charge is -2.08. The zero-order chi connectivity index (χ0) is 15.5. The number of sulfonamides is 1. The van der Waals surface area contributed by atoms with Crippen molar-refractivity contribution in [2.45, 2.75) is 25.0 Å². The van der Waals surface area contributed by atoms with E-state index in [1.807, 2.05) is 0 Å². The molecule has 0 fully saturated rings. The molecule has 8 heteroatoms. The third-order valence-electron chi connectivity index (χ3n) is 2.77. The van der Waals surface area contributed by atoms with E-state index in [2.05, 4.69) is 14.7 Å². The minimum absolute atomic E-state index is 0.0433. The first-order valence-corrected chi connectivity index (χ1v) is 7.96. The van der Waals surface area contributed by atoms with Gasteiger partial charge in [0.05, 0.1) is 23.7 Å². The molecule has 112 valence electrons. The van der Waals surface area contributed by atoms with Crippen LogP contribution in [0.2, 0.25) is 5.02 Å². The van der Waals surface area contributed by atoms with Gasteiger partial charge in [0, 0.05) is 11.2 Å². The van der Waals surface area contributed by atoms with Gasteiger partial charge in [-0.3, -0.25) is 0 Å². The van der Waals surface area contributed by atoms with Crippen molar-refractivity contribution in [1.82, 2.24) is 14.7 Å². The summed E-state index contributed by atoms with van der Waals surface area (Å²) < 4.78 is 26.8. The number of nitrogens with one attached hydrogen (secondary N) is 1. The first-order valence-electron chi connectivity index (χ1n) is 6.10. The Morgan fingerprint density at radius 1 is 1.33 bits per heavy atom. The van der Waals surface area contributed by atoms with Gasteiger partial charge in [0.1, 0.15) is 5.82 Å². The van der Waals surface area contributed by atoms with Gasteiger partial charge >= 0.3 is 0 Å². The molecule has 0 aliphatic heterocycles. The van der Waals surface area contributed by atoms with Gasteiger partial charge in [-0.25, -0.2) is 23.1 Å². The standard InChI is InChI=1S/C13H14ClN3O3S/c1-9-15-5-4-11(17-9)7-16-21(19,20)12-2-3-13(14)10(6-12)8-18/h2-6,16,18H,7-8H2,1H3. The normalized spacial score (nSPS) is 11.6. The highest BCUT2D eigenvalue weighted by Gasteiger charge is 2.15. The van der Waals surface area contributed by atoms with Crippen molar-refractivity contribution in [3.63, 3.8) is 0 Å². The second-order valence-corrected chi connectivity index (χ2v) is 6.51. The number of benzene rings is 1. The maximum absolute atomic E-state index is 12.2. The lowest BCUT2D eigenvalue weighted by Crippen LogP contribution is -2.24. The van der Waals surface area contributed by atoms with Crippen molar-refractivity contribution >= 4 is 21.6 Å². The minimum atomic E-state index is -3.70. The third-order valence-corrected chi connectivity index (χ3v) is 4.54. The van der Waals surface area contributed by atoms with E-state index in [0.29, 0.717) is 22.1 Å². The van der Waals surface area contributed by atoms with Crippen LogP contribution >= 0.6 is 11.6 Å². The summed E-state index contributed by atoms with van der Waals surface area (Å²) in [5.74, 6) is 0.570. The molecule has 1 aromatic carbocycles. The van der Waals surface area contributed by atoms with E-state index < -0.39 is 10.0 Å². The smallest absolute Gasteiger partial charge is 0.240 e. The Labute approximate surface area is 127 Å². The van der Waals surface area contributed by atoms with E-state index in [1.54, 1.807) is 19.2 Å². The van der Waals surface area contributed by atoms with Crippen molar-refractivity contribution in [3.05, 3.63) is 52.6 Å². The highest BCUT2D eigenvalue weighted by atomic mass is 35.5. The van der Waals surface area contributed by atoms with Crippen LogP contribution < -0.4 is 4.72 Å². The largest absolute Gasteiger partial charge is 0.392 e. The van der Waals surface area contributed by atoms with Crippen LogP contribution in [-0.4, -0.2) is 23.5 Å². The summed E-state index contributed by atoms with van der Waals surface area (Å²) in [5, 5.41) is 9.45. The fourth-order valence-electron chi connectivity index (χ4n) is 1.70. The average Bonchev–Trinajstić information content (AvgIpc) is 2.46. The zero-order valence-electron chi connectivity index (χ0n) is 11.2. The first kappa shape index (κ1) is 15.8. The SMILES string of the molecule is Cc1nccc(CNS(=O)(=O)c2ccc(Cl)c(CO)c2)n1. The first-order chi connectivity index (χ1) is 9.92. The number of aryl methyl sites for hydroxylation is 1. The second-order valence-electron chi connectivity index (χ2n) is 4.33. The van der Waals surface area contributed by atoms with E-state index in [1.165, 1.54) is 18.2 Å². The number of aliphatic hydroxyl groups is 1. The van der Waals surface area contributed by atoms with E-state index >= 15 is 0 Å². The Balaban J connectivity index is 2.18. The summed E-state index contributed by atoms with van der Waals surface area (Å²) in [7, 11) is -3.70. The topological polar surface area (TPSA) is 92.2 Å². The number of halogens is 1. The monoisotopic (exact) mass is 327 g/mol. The molecule has 0 aliphatic carbocycles. The molecular weight excluding hydrogens is 314 g/mol. The Bertz CT molecular complexity index is 750. The van der Waals surface area contributed by atoms with E-state index in [9.17, 15) is 8.42 Å². The summed E-state index contributed by atoms with van der Waals surface area (Å²) in [6, 6.07) is 5.80. The van der Waals surface area contributed by atoms with Crippen LogP contribution in [-0.2, 0) is 23.2 Å². The molecule has 21 heavy (non-hydrogen) atoms. The van der Waals surface area contributed by atoms with Crippen LogP contribution in [0.4, 0.5) is 0 Å². The maximum atomic E-state index is 12.2. The molecule has 6 nitrogen and oxygen atoms in total. The quantitative estimate of drug-likeness (QED) is 0.866. The predicted molar refractivity (Wildman–Crippen MR) is 78.2 cm³/mol. The maximum Gasteiger partial charge on any atom is 0.240 e. The summed E-state index contributed by atoms with van der Waals surface area (Å²) in [6.07, 6.45) is 1.57. The lowest BCUT2D eigenvalue weighted by atomic mass is 10.2. The molecular formula is C13H14ClN3O3S. The number of hydrogen-bond acceptors (Lipinski definition) is 5. The van der Waals surface area contributed by atoms with Crippen LogP contribution in [0.25, 0.3) is 0 Å². The van der Waals surface area contributed by atoms with Crippen molar-refractivity contribution in [1.29, 1.82) is 0 Å². The Morgan fingerprint density at radius 2 is 2.10 bits per heavy atom. The Kier molecular flexibility index (Phi) is 4.89. The number of hydrogen-bond donors (Lipinski definition) is 2. The molecule has 0 radical (unpaired) electrons. The van der Waals surface area contributed by atoms with Crippen molar-refractivity contribution in [3.8, 4) is 0 Å². The fourth-order valence-corrected chi connectivity index (χ4v) is 2.92. The Hall–Kier alpha value is -1.54. The summed E-state index contributed by atoms with van der Waals surface area (Å²) in [4.78, 5) is 8.11. The molecule has 2 aromatic rings. The van der Waals surface area contributed by atoms with Crippen LogP contribution in [0.15, 0.2) is 35.4 Å². The number of aromatic nitrogens is 2. The number of aliphatic hydroxyl groups excluding tert-OH is 1. The predicted octanol–water partition coefficient (Wildman–Crippen LogP) is 1.41.